The smallest absolute Gasteiger partial charge is 0.351 e. The lowest BCUT2D eigenvalue weighted by Gasteiger charge is -2.00. The third kappa shape index (κ3) is 2.83. The van der Waals surface area contributed by atoms with Crippen molar-refractivity contribution >= 4 is 11.9 Å². The minimum Gasteiger partial charge on any atom is -0.507 e. The van der Waals surface area contributed by atoms with Gasteiger partial charge in [-0.1, -0.05) is 18.2 Å². The standard InChI is InChI=1S/C15H11FO4/c1-9-8-13(18)14(15(19)20-9)12(17)7-6-10-4-2-3-5-11(10)16/h2-8,18H,1H3. The van der Waals surface area contributed by atoms with Gasteiger partial charge < -0.3 is 9.52 Å². The summed E-state index contributed by atoms with van der Waals surface area (Å²) in [5.41, 5.74) is -1.19. The summed E-state index contributed by atoms with van der Waals surface area (Å²) in [6, 6.07) is 7.05. The Hall–Kier alpha value is -2.69. The molecule has 0 aliphatic rings. The molecule has 1 heterocycles. The molecule has 102 valence electrons. The van der Waals surface area contributed by atoms with Crippen LogP contribution in [0.2, 0.25) is 0 Å². The fraction of sp³-hybridized carbons (Fsp3) is 0.0667. The molecule has 0 radical (unpaired) electrons. The first-order chi connectivity index (χ1) is 9.49. The molecule has 0 unspecified atom stereocenters. The van der Waals surface area contributed by atoms with Crippen LogP contribution in [0.25, 0.3) is 6.08 Å². The molecule has 0 bridgehead atoms. The predicted molar refractivity (Wildman–Crippen MR) is 71.1 cm³/mol. The Balaban J connectivity index is 2.35. The molecular weight excluding hydrogens is 263 g/mol. The third-order valence-corrected chi connectivity index (χ3v) is 2.62. The predicted octanol–water partition coefficient (Wildman–Crippen LogP) is 2.69. The molecule has 4 nitrogen and oxygen atoms in total. The zero-order chi connectivity index (χ0) is 14.7. The fourth-order valence-corrected chi connectivity index (χ4v) is 1.68. The molecule has 0 saturated carbocycles. The second-order valence-corrected chi connectivity index (χ2v) is 4.12. The van der Waals surface area contributed by atoms with E-state index in [-0.39, 0.29) is 11.3 Å². The zero-order valence-electron chi connectivity index (χ0n) is 10.6. The summed E-state index contributed by atoms with van der Waals surface area (Å²) >= 11 is 0. The van der Waals surface area contributed by atoms with Crippen molar-refractivity contribution < 1.29 is 18.7 Å². The largest absolute Gasteiger partial charge is 0.507 e. The molecule has 2 aromatic rings. The molecule has 1 N–H and O–H groups in total. The molecule has 0 atom stereocenters. The van der Waals surface area contributed by atoms with Gasteiger partial charge in [0.25, 0.3) is 0 Å². The van der Waals surface area contributed by atoms with E-state index in [4.69, 9.17) is 4.42 Å². The first-order valence-electron chi connectivity index (χ1n) is 5.79. The Morgan fingerprint density at radius 1 is 1.35 bits per heavy atom. The Morgan fingerprint density at radius 2 is 2.05 bits per heavy atom. The van der Waals surface area contributed by atoms with E-state index in [0.717, 1.165) is 6.08 Å². The van der Waals surface area contributed by atoms with Crippen LogP contribution in [0.4, 0.5) is 4.39 Å². The van der Waals surface area contributed by atoms with Gasteiger partial charge in [-0.3, -0.25) is 4.79 Å². The molecular formula is C15H11FO4. The Morgan fingerprint density at radius 3 is 2.70 bits per heavy atom. The summed E-state index contributed by atoms with van der Waals surface area (Å²) in [4.78, 5) is 23.4. The maximum absolute atomic E-state index is 13.4. The van der Waals surface area contributed by atoms with Crippen molar-refractivity contribution in [1.29, 1.82) is 0 Å². The van der Waals surface area contributed by atoms with E-state index >= 15 is 0 Å². The lowest BCUT2D eigenvalue weighted by molar-refractivity contribution is 0.104. The Labute approximate surface area is 113 Å². The fourth-order valence-electron chi connectivity index (χ4n) is 1.68. The van der Waals surface area contributed by atoms with Gasteiger partial charge in [-0.15, -0.1) is 0 Å². The summed E-state index contributed by atoms with van der Waals surface area (Å²) in [5, 5.41) is 9.61. The molecule has 0 amide bonds. The van der Waals surface area contributed by atoms with E-state index in [1.54, 1.807) is 6.07 Å². The van der Waals surface area contributed by atoms with Crippen LogP contribution in [0.5, 0.6) is 5.75 Å². The van der Waals surface area contributed by atoms with Crippen molar-refractivity contribution in [3.05, 3.63) is 69.5 Å². The van der Waals surface area contributed by atoms with Gasteiger partial charge in [-0.05, 0) is 25.1 Å². The van der Waals surface area contributed by atoms with Crippen LogP contribution in [-0.4, -0.2) is 10.9 Å². The molecule has 0 fully saturated rings. The van der Waals surface area contributed by atoms with Crippen LogP contribution in [0, 0.1) is 12.7 Å². The first-order valence-corrected chi connectivity index (χ1v) is 5.79. The van der Waals surface area contributed by atoms with E-state index in [2.05, 4.69) is 0 Å². The zero-order valence-corrected chi connectivity index (χ0v) is 10.6. The van der Waals surface area contributed by atoms with Crippen molar-refractivity contribution in [3.63, 3.8) is 0 Å². The molecule has 1 aromatic carbocycles. The van der Waals surface area contributed by atoms with E-state index in [9.17, 15) is 19.1 Å². The molecule has 5 heteroatoms. The van der Waals surface area contributed by atoms with Crippen LogP contribution in [-0.2, 0) is 0 Å². The number of carbonyl (C=O) groups is 1. The highest BCUT2D eigenvalue weighted by atomic mass is 19.1. The summed E-state index contributed by atoms with van der Waals surface area (Å²) in [5.74, 6) is -1.50. The van der Waals surface area contributed by atoms with Gasteiger partial charge in [0, 0.05) is 11.6 Å². The maximum atomic E-state index is 13.4. The number of benzene rings is 1. The number of rotatable bonds is 3. The van der Waals surface area contributed by atoms with Crippen molar-refractivity contribution in [3.8, 4) is 5.75 Å². The third-order valence-electron chi connectivity index (χ3n) is 2.62. The van der Waals surface area contributed by atoms with E-state index in [1.807, 2.05) is 0 Å². The highest BCUT2D eigenvalue weighted by Crippen LogP contribution is 2.16. The van der Waals surface area contributed by atoms with Gasteiger partial charge in [0.2, 0.25) is 0 Å². The van der Waals surface area contributed by atoms with Crippen molar-refractivity contribution in [1.82, 2.24) is 0 Å². The summed E-state index contributed by atoms with van der Waals surface area (Å²) in [6.07, 6.45) is 2.25. The number of ketones is 1. The quantitative estimate of drug-likeness (QED) is 0.690. The maximum Gasteiger partial charge on any atom is 0.351 e. The van der Waals surface area contributed by atoms with Crippen LogP contribution in [0.3, 0.4) is 0 Å². The van der Waals surface area contributed by atoms with Crippen molar-refractivity contribution in [2.45, 2.75) is 6.92 Å². The minimum absolute atomic E-state index is 0.196. The molecule has 1 aromatic heterocycles. The monoisotopic (exact) mass is 274 g/mol. The van der Waals surface area contributed by atoms with E-state index in [1.165, 1.54) is 37.3 Å². The van der Waals surface area contributed by atoms with Gasteiger partial charge in [-0.2, -0.15) is 0 Å². The SMILES string of the molecule is Cc1cc(O)c(C(=O)C=Cc2ccccc2F)c(=O)o1. The van der Waals surface area contributed by atoms with Gasteiger partial charge in [0.15, 0.2) is 5.78 Å². The van der Waals surface area contributed by atoms with Crippen LogP contribution in [0.1, 0.15) is 21.7 Å². The van der Waals surface area contributed by atoms with Gasteiger partial charge in [0.05, 0.1) is 0 Å². The minimum atomic E-state index is -0.925. The van der Waals surface area contributed by atoms with Crippen LogP contribution in [0.15, 0.2) is 45.6 Å². The molecule has 2 rings (SSSR count). The van der Waals surface area contributed by atoms with Gasteiger partial charge >= 0.3 is 5.63 Å². The number of aromatic hydroxyl groups is 1. The number of halogens is 1. The van der Waals surface area contributed by atoms with Crippen molar-refractivity contribution in [2.75, 3.05) is 0 Å². The van der Waals surface area contributed by atoms with E-state index < -0.39 is 28.5 Å². The highest BCUT2D eigenvalue weighted by molar-refractivity contribution is 6.08. The average Bonchev–Trinajstić information content (AvgIpc) is 2.36. The molecule has 0 aliphatic carbocycles. The topological polar surface area (TPSA) is 67.5 Å². The molecule has 0 spiro atoms. The Bertz CT molecular complexity index is 744. The van der Waals surface area contributed by atoms with Gasteiger partial charge in [0.1, 0.15) is 22.9 Å². The number of hydrogen-bond donors (Lipinski definition) is 1. The molecule has 20 heavy (non-hydrogen) atoms. The molecule has 0 aliphatic heterocycles. The summed E-state index contributed by atoms with van der Waals surface area (Å²) in [6.45, 7) is 1.48. The highest BCUT2D eigenvalue weighted by Gasteiger charge is 2.15. The van der Waals surface area contributed by atoms with Crippen LogP contribution < -0.4 is 5.63 Å². The number of hydrogen-bond acceptors (Lipinski definition) is 4. The number of carbonyl (C=O) groups excluding carboxylic acids is 1. The van der Waals surface area contributed by atoms with Crippen LogP contribution >= 0.6 is 0 Å². The lowest BCUT2D eigenvalue weighted by atomic mass is 10.1. The summed E-state index contributed by atoms with van der Waals surface area (Å²) < 4.78 is 18.1. The molecule has 0 saturated heterocycles. The second kappa shape index (κ2) is 5.52. The second-order valence-electron chi connectivity index (χ2n) is 4.12. The Kier molecular flexibility index (Phi) is 3.79. The van der Waals surface area contributed by atoms with Crippen molar-refractivity contribution in [2.24, 2.45) is 0 Å². The average molecular weight is 274 g/mol. The van der Waals surface area contributed by atoms with E-state index in [0.29, 0.717) is 0 Å². The normalized spacial score (nSPS) is 10.9. The number of allylic oxidation sites excluding steroid dienone is 1. The summed E-state index contributed by atoms with van der Waals surface area (Å²) in [7, 11) is 0. The lowest BCUT2D eigenvalue weighted by Crippen LogP contribution is -2.12. The number of aryl methyl sites for hydroxylation is 1. The van der Waals surface area contributed by atoms with Gasteiger partial charge in [-0.25, -0.2) is 9.18 Å². The first kappa shape index (κ1) is 13.7.